The fourth-order valence-electron chi connectivity index (χ4n) is 2.81. The standard InChI is InChI=1S/C14H24N4O2S/c1-11-10-17(3)7-4-8-18(11)14-6-5-12(9-13(14)15)21(19,20)16-2/h5-6,9,11,16H,4,7-8,10,15H2,1-3H3. The van der Waals surface area contributed by atoms with Crippen molar-refractivity contribution >= 4 is 21.4 Å². The Hall–Kier alpha value is -1.31. The number of hydrogen-bond donors (Lipinski definition) is 2. The van der Waals surface area contributed by atoms with E-state index in [0.29, 0.717) is 11.7 Å². The molecule has 118 valence electrons. The molecule has 0 aliphatic carbocycles. The van der Waals surface area contributed by atoms with Crippen molar-refractivity contribution in [3.63, 3.8) is 0 Å². The van der Waals surface area contributed by atoms with E-state index in [-0.39, 0.29) is 4.90 Å². The highest BCUT2D eigenvalue weighted by Crippen LogP contribution is 2.29. The number of nitrogens with zero attached hydrogens (tertiary/aromatic N) is 2. The fourth-order valence-corrected chi connectivity index (χ4v) is 3.57. The molecule has 1 aliphatic rings. The maximum atomic E-state index is 11.8. The van der Waals surface area contributed by atoms with Gasteiger partial charge in [0, 0.05) is 19.1 Å². The minimum Gasteiger partial charge on any atom is -0.397 e. The summed E-state index contributed by atoms with van der Waals surface area (Å²) in [6, 6.07) is 5.29. The zero-order valence-electron chi connectivity index (χ0n) is 12.8. The maximum Gasteiger partial charge on any atom is 0.240 e. The molecule has 1 unspecified atom stereocenters. The highest BCUT2D eigenvalue weighted by Gasteiger charge is 2.22. The molecule has 0 bridgehead atoms. The highest BCUT2D eigenvalue weighted by atomic mass is 32.2. The molecule has 1 aromatic rings. The van der Waals surface area contributed by atoms with Gasteiger partial charge in [0.2, 0.25) is 10.0 Å². The first kappa shape index (κ1) is 16.1. The van der Waals surface area contributed by atoms with E-state index in [2.05, 4.69) is 28.5 Å². The van der Waals surface area contributed by atoms with E-state index in [4.69, 9.17) is 5.73 Å². The Kier molecular flexibility index (Phi) is 4.75. The van der Waals surface area contributed by atoms with Crippen molar-refractivity contribution in [1.29, 1.82) is 0 Å². The summed E-state index contributed by atoms with van der Waals surface area (Å²) < 4.78 is 25.9. The summed E-state index contributed by atoms with van der Waals surface area (Å²) in [4.78, 5) is 4.76. The minimum absolute atomic E-state index is 0.200. The van der Waals surface area contributed by atoms with Gasteiger partial charge in [-0.2, -0.15) is 0 Å². The van der Waals surface area contributed by atoms with Crippen molar-refractivity contribution in [3.05, 3.63) is 18.2 Å². The molecule has 1 saturated heterocycles. The predicted molar refractivity (Wildman–Crippen MR) is 86.0 cm³/mol. The van der Waals surface area contributed by atoms with Crippen molar-refractivity contribution in [1.82, 2.24) is 9.62 Å². The molecule has 21 heavy (non-hydrogen) atoms. The molecule has 0 saturated carbocycles. The summed E-state index contributed by atoms with van der Waals surface area (Å²) >= 11 is 0. The number of nitrogen functional groups attached to an aromatic ring is 1. The molecule has 1 aromatic carbocycles. The van der Waals surface area contributed by atoms with Crippen LogP contribution in [0.3, 0.4) is 0 Å². The molecular formula is C14H24N4O2S. The van der Waals surface area contributed by atoms with Gasteiger partial charge in [0.05, 0.1) is 16.3 Å². The lowest BCUT2D eigenvalue weighted by Crippen LogP contribution is -2.38. The van der Waals surface area contributed by atoms with Gasteiger partial charge in [0.1, 0.15) is 0 Å². The third-order valence-electron chi connectivity index (χ3n) is 3.93. The van der Waals surface area contributed by atoms with Crippen LogP contribution in [0, 0.1) is 0 Å². The third kappa shape index (κ3) is 3.48. The second-order valence-electron chi connectivity index (χ2n) is 5.59. The van der Waals surface area contributed by atoms with Gasteiger partial charge in [-0.3, -0.25) is 0 Å². The van der Waals surface area contributed by atoms with E-state index in [9.17, 15) is 8.42 Å². The summed E-state index contributed by atoms with van der Waals surface area (Å²) in [7, 11) is 0.0576. The lowest BCUT2D eigenvalue weighted by molar-refractivity contribution is 0.337. The van der Waals surface area contributed by atoms with Crippen LogP contribution < -0.4 is 15.4 Å². The smallest absolute Gasteiger partial charge is 0.240 e. The normalized spacial score (nSPS) is 21.3. The van der Waals surface area contributed by atoms with Gasteiger partial charge >= 0.3 is 0 Å². The molecular weight excluding hydrogens is 288 g/mol. The number of hydrogen-bond acceptors (Lipinski definition) is 5. The van der Waals surface area contributed by atoms with Crippen LogP contribution in [0.5, 0.6) is 0 Å². The first-order valence-corrected chi connectivity index (χ1v) is 8.61. The van der Waals surface area contributed by atoms with E-state index < -0.39 is 10.0 Å². The van der Waals surface area contributed by atoms with Crippen molar-refractivity contribution in [2.24, 2.45) is 0 Å². The Balaban J connectivity index is 2.32. The molecule has 1 atom stereocenters. The van der Waals surface area contributed by atoms with Crippen molar-refractivity contribution in [3.8, 4) is 0 Å². The third-order valence-corrected chi connectivity index (χ3v) is 5.35. The molecule has 7 heteroatoms. The second-order valence-corrected chi connectivity index (χ2v) is 7.47. The zero-order chi connectivity index (χ0) is 15.6. The van der Waals surface area contributed by atoms with E-state index in [1.807, 2.05) is 0 Å². The van der Waals surface area contributed by atoms with Crippen LogP contribution in [0.4, 0.5) is 11.4 Å². The van der Waals surface area contributed by atoms with Crippen molar-refractivity contribution < 1.29 is 8.42 Å². The summed E-state index contributed by atoms with van der Waals surface area (Å²) in [5.41, 5.74) is 7.52. The first-order chi connectivity index (χ1) is 9.85. The van der Waals surface area contributed by atoms with Crippen LogP contribution in [-0.2, 0) is 10.0 Å². The van der Waals surface area contributed by atoms with Gasteiger partial charge in [-0.15, -0.1) is 0 Å². The van der Waals surface area contributed by atoms with E-state index in [0.717, 1.165) is 31.7 Å². The van der Waals surface area contributed by atoms with Crippen LogP contribution >= 0.6 is 0 Å². The summed E-state index contributed by atoms with van der Waals surface area (Å²) in [5.74, 6) is 0. The first-order valence-electron chi connectivity index (χ1n) is 7.13. The summed E-state index contributed by atoms with van der Waals surface area (Å²) in [6.07, 6.45) is 1.07. The molecule has 0 amide bonds. The number of likely N-dealkylation sites (N-methyl/N-ethyl adjacent to an activating group) is 1. The lowest BCUT2D eigenvalue weighted by atomic mass is 10.2. The predicted octanol–water partition coefficient (Wildman–Crippen LogP) is 0.707. The van der Waals surface area contributed by atoms with Crippen molar-refractivity contribution in [2.45, 2.75) is 24.3 Å². The number of rotatable bonds is 3. The van der Waals surface area contributed by atoms with Gasteiger partial charge < -0.3 is 15.5 Å². The fraction of sp³-hybridized carbons (Fsp3) is 0.571. The largest absolute Gasteiger partial charge is 0.397 e. The van der Waals surface area contributed by atoms with Crippen LogP contribution in [0.1, 0.15) is 13.3 Å². The Morgan fingerprint density at radius 3 is 2.67 bits per heavy atom. The average Bonchev–Trinajstić information content (AvgIpc) is 2.59. The number of benzene rings is 1. The Morgan fingerprint density at radius 2 is 2.05 bits per heavy atom. The van der Waals surface area contributed by atoms with Gasteiger partial charge in [0.15, 0.2) is 0 Å². The lowest BCUT2D eigenvalue weighted by Gasteiger charge is -2.31. The summed E-state index contributed by atoms with van der Waals surface area (Å²) in [6.45, 7) is 5.12. The van der Waals surface area contributed by atoms with Crippen LogP contribution in [0.25, 0.3) is 0 Å². The second kappa shape index (κ2) is 6.21. The maximum absolute atomic E-state index is 11.8. The number of nitrogens with one attached hydrogen (secondary N) is 1. The van der Waals surface area contributed by atoms with Crippen LogP contribution in [0.15, 0.2) is 23.1 Å². The Bertz CT molecular complexity index is 603. The van der Waals surface area contributed by atoms with Gasteiger partial charge in [-0.05, 0) is 52.2 Å². The average molecular weight is 312 g/mol. The monoisotopic (exact) mass is 312 g/mol. The van der Waals surface area contributed by atoms with E-state index in [1.54, 1.807) is 12.1 Å². The Morgan fingerprint density at radius 1 is 1.33 bits per heavy atom. The van der Waals surface area contributed by atoms with Gasteiger partial charge in [-0.25, -0.2) is 13.1 Å². The molecule has 0 aromatic heterocycles. The van der Waals surface area contributed by atoms with Crippen LogP contribution in [-0.4, -0.2) is 53.1 Å². The summed E-state index contributed by atoms with van der Waals surface area (Å²) in [5, 5.41) is 0. The van der Waals surface area contributed by atoms with E-state index >= 15 is 0 Å². The SMILES string of the molecule is CNS(=O)(=O)c1ccc(N2CCCN(C)CC2C)c(N)c1. The highest BCUT2D eigenvalue weighted by molar-refractivity contribution is 7.89. The van der Waals surface area contributed by atoms with E-state index in [1.165, 1.54) is 13.1 Å². The zero-order valence-corrected chi connectivity index (χ0v) is 13.7. The number of anilines is 2. The Labute approximate surface area is 127 Å². The van der Waals surface area contributed by atoms with Gasteiger partial charge in [0.25, 0.3) is 0 Å². The topological polar surface area (TPSA) is 78.7 Å². The number of sulfonamides is 1. The molecule has 3 N–H and O–H groups in total. The van der Waals surface area contributed by atoms with Gasteiger partial charge in [-0.1, -0.05) is 0 Å². The molecule has 0 spiro atoms. The number of nitrogens with two attached hydrogens (primary N) is 1. The minimum atomic E-state index is -3.45. The molecule has 1 heterocycles. The molecule has 2 rings (SSSR count). The molecule has 6 nitrogen and oxygen atoms in total. The molecule has 1 fully saturated rings. The molecule has 0 radical (unpaired) electrons. The van der Waals surface area contributed by atoms with Crippen LogP contribution in [0.2, 0.25) is 0 Å². The quantitative estimate of drug-likeness (QED) is 0.804. The molecule has 1 aliphatic heterocycles. The van der Waals surface area contributed by atoms with Crippen molar-refractivity contribution in [2.75, 3.05) is 44.4 Å².